The van der Waals surface area contributed by atoms with Gasteiger partial charge >= 0.3 is 5.97 Å². The Bertz CT molecular complexity index is 208. The summed E-state index contributed by atoms with van der Waals surface area (Å²) in [5.41, 5.74) is 0. The molecule has 15 heavy (non-hydrogen) atoms. The molecule has 0 radical (unpaired) electrons. The standard InChI is InChI=1S/C12H21NO2/c1-2-7-11(12(14)15)13-10-8-5-3-4-6-9-10/h2,10-11,13H,1,3-9H2,(H,14,15). The lowest BCUT2D eigenvalue weighted by Crippen LogP contribution is -2.42. The van der Waals surface area contributed by atoms with Gasteiger partial charge in [-0.2, -0.15) is 0 Å². The Morgan fingerprint density at radius 2 is 2.00 bits per heavy atom. The maximum absolute atomic E-state index is 10.9. The van der Waals surface area contributed by atoms with Crippen LogP contribution in [0.5, 0.6) is 0 Å². The van der Waals surface area contributed by atoms with Crippen LogP contribution in [0.3, 0.4) is 0 Å². The van der Waals surface area contributed by atoms with Crippen LogP contribution in [0.1, 0.15) is 44.9 Å². The van der Waals surface area contributed by atoms with Crippen molar-refractivity contribution < 1.29 is 9.90 Å². The van der Waals surface area contributed by atoms with Crippen molar-refractivity contribution in [2.45, 2.75) is 57.0 Å². The van der Waals surface area contributed by atoms with E-state index in [-0.39, 0.29) is 0 Å². The van der Waals surface area contributed by atoms with Gasteiger partial charge in [0.2, 0.25) is 0 Å². The first-order valence-corrected chi connectivity index (χ1v) is 5.83. The van der Waals surface area contributed by atoms with Gasteiger partial charge in [-0.15, -0.1) is 6.58 Å². The first-order valence-electron chi connectivity index (χ1n) is 5.83. The fourth-order valence-electron chi connectivity index (χ4n) is 2.14. The van der Waals surface area contributed by atoms with Gasteiger partial charge in [0, 0.05) is 6.04 Å². The van der Waals surface area contributed by atoms with E-state index in [0.717, 1.165) is 12.8 Å². The van der Waals surface area contributed by atoms with E-state index < -0.39 is 12.0 Å². The molecule has 0 spiro atoms. The molecule has 0 aromatic heterocycles. The maximum Gasteiger partial charge on any atom is 0.321 e. The molecule has 0 amide bonds. The molecule has 0 aliphatic heterocycles. The van der Waals surface area contributed by atoms with Gasteiger partial charge in [-0.05, 0) is 19.3 Å². The van der Waals surface area contributed by atoms with Crippen LogP contribution in [0.4, 0.5) is 0 Å². The molecular formula is C12H21NO2. The molecule has 2 N–H and O–H groups in total. The number of hydrogen-bond donors (Lipinski definition) is 2. The van der Waals surface area contributed by atoms with Crippen LogP contribution >= 0.6 is 0 Å². The Morgan fingerprint density at radius 1 is 1.40 bits per heavy atom. The van der Waals surface area contributed by atoms with Crippen LogP contribution in [0.25, 0.3) is 0 Å². The number of aliphatic carboxylic acids is 1. The number of carboxylic acid groups (broad SMARTS) is 1. The third-order valence-corrected chi connectivity index (χ3v) is 2.99. The minimum absolute atomic E-state index is 0.383. The molecule has 0 bridgehead atoms. The fraction of sp³-hybridized carbons (Fsp3) is 0.750. The number of nitrogens with one attached hydrogen (secondary N) is 1. The molecule has 86 valence electrons. The number of hydrogen-bond acceptors (Lipinski definition) is 2. The highest BCUT2D eigenvalue weighted by Crippen LogP contribution is 2.18. The highest BCUT2D eigenvalue weighted by Gasteiger charge is 2.20. The van der Waals surface area contributed by atoms with Crippen LogP contribution in [0, 0.1) is 0 Å². The molecule has 1 unspecified atom stereocenters. The van der Waals surface area contributed by atoms with Crippen molar-refractivity contribution in [2.24, 2.45) is 0 Å². The van der Waals surface area contributed by atoms with Crippen molar-refractivity contribution >= 4 is 5.97 Å². The maximum atomic E-state index is 10.9. The average molecular weight is 211 g/mol. The Morgan fingerprint density at radius 3 is 2.47 bits per heavy atom. The Balaban J connectivity index is 2.40. The molecule has 0 aromatic rings. The lowest BCUT2D eigenvalue weighted by atomic mass is 10.1. The van der Waals surface area contributed by atoms with E-state index in [1.54, 1.807) is 6.08 Å². The molecule has 1 rings (SSSR count). The van der Waals surface area contributed by atoms with E-state index in [9.17, 15) is 4.79 Å². The van der Waals surface area contributed by atoms with Crippen LogP contribution in [0.15, 0.2) is 12.7 Å². The van der Waals surface area contributed by atoms with Gasteiger partial charge < -0.3 is 10.4 Å². The summed E-state index contributed by atoms with van der Waals surface area (Å²) in [5, 5.41) is 12.2. The summed E-state index contributed by atoms with van der Waals surface area (Å²) < 4.78 is 0. The normalized spacial score (nSPS) is 20.5. The van der Waals surface area contributed by atoms with Gasteiger partial charge in [0.15, 0.2) is 0 Å². The second-order valence-electron chi connectivity index (χ2n) is 4.27. The van der Waals surface area contributed by atoms with Crippen LogP contribution < -0.4 is 5.32 Å². The topological polar surface area (TPSA) is 49.3 Å². The zero-order valence-electron chi connectivity index (χ0n) is 9.24. The van der Waals surface area contributed by atoms with Gasteiger partial charge in [0.05, 0.1) is 0 Å². The lowest BCUT2D eigenvalue weighted by molar-refractivity contribution is -0.139. The lowest BCUT2D eigenvalue weighted by Gasteiger charge is -2.21. The quantitative estimate of drug-likeness (QED) is 0.542. The second kappa shape index (κ2) is 6.62. The molecule has 0 aromatic carbocycles. The SMILES string of the molecule is C=CCC(NC1CCCCCC1)C(=O)O. The zero-order chi connectivity index (χ0) is 11.1. The average Bonchev–Trinajstić information content (AvgIpc) is 2.45. The zero-order valence-corrected chi connectivity index (χ0v) is 9.24. The Kier molecular flexibility index (Phi) is 5.40. The molecular weight excluding hydrogens is 190 g/mol. The molecule has 1 atom stereocenters. The van der Waals surface area contributed by atoms with Gasteiger partial charge in [-0.1, -0.05) is 31.8 Å². The van der Waals surface area contributed by atoms with E-state index in [0.29, 0.717) is 12.5 Å². The van der Waals surface area contributed by atoms with Gasteiger partial charge in [0.1, 0.15) is 6.04 Å². The fourth-order valence-corrected chi connectivity index (χ4v) is 2.14. The largest absolute Gasteiger partial charge is 0.480 e. The van der Waals surface area contributed by atoms with Crippen molar-refractivity contribution in [2.75, 3.05) is 0 Å². The van der Waals surface area contributed by atoms with E-state index in [1.165, 1.54) is 25.7 Å². The molecule has 1 aliphatic carbocycles. The van der Waals surface area contributed by atoms with Crippen LogP contribution in [-0.2, 0) is 4.79 Å². The molecule has 1 aliphatic rings. The summed E-state index contributed by atoms with van der Waals surface area (Å²) in [7, 11) is 0. The summed E-state index contributed by atoms with van der Waals surface area (Å²) in [4.78, 5) is 10.9. The summed E-state index contributed by atoms with van der Waals surface area (Å²) in [5.74, 6) is -0.765. The van der Waals surface area contributed by atoms with Crippen molar-refractivity contribution in [3.05, 3.63) is 12.7 Å². The molecule has 0 heterocycles. The second-order valence-corrected chi connectivity index (χ2v) is 4.27. The summed E-state index contributed by atoms with van der Waals surface area (Å²) in [6.07, 6.45) is 9.42. The first kappa shape index (κ1) is 12.2. The highest BCUT2D eigenvalue weighted by molar-refractivity contribution is 5.73. The third-order valence-electron chi connectivity index (χ3n) is 2.99. The third kappa shape index (κ3) is 4.47. The molecule has 0 saturated heterocycles. The van der Waals surface area contributed by atoms with Crippen molar-refractivity contribution in [1.29, 1.82) is 0 Å². The minimum atomic E-state index is -0.765. The van der Waals surface area contributed by atoms with E-state index >= 15 is 0 Å². The van der Waals surface area contributed by atoms with E-state index in [1.807, 2.05) is 0 Å². The van der Waals surface area contributed by atoms with Gasteiger partial charge in [-0.3, -0.25) is 4.79 Å². The summed E-state index contributed by atoms with van der Waals surface area (Å²) in [6, 6.07) is -0.0702. The van der Waals surface area contributed by atoms with E-state index in [2.05, 4.69) is 11.9 Å². The monoisotopic (exact) mass is 211 g/mol. The van der Waals surface area contributed by atoms with Crippen LogP contribution in [0.2, 0.25) is 0 Å². The molecule has 1 fully saturated rings. The predicted molar refractivity (Wildman–Crippen MR) is 60.9 cm³/mol. The Hall–Kier alpha value is -0.830. The smallest absolute Gasteiger partial charge is 0.321 e. The summed E-state index contributed by atoms with van der Waals surface area (Å²) >= 11 is 0. The predicted octanol–water partition coefficient (Wildman–Crippen LogP) is 2.33. The summed E-state index contributed by atoms with van der Waals surface area (Å²) in [6.45, 7) is 3.59. The molecule has 3 heteroatoms. The number of carboxylic acids is 1. The first-order chi connectivity index (χ1) is 7.24. The molecule has 3 nitrogen and oxygen atoms in total. The molecule has 1 saturated carbocycles. The highest BCUT2D eigenvalue weighted by atomic mass is 16.4. The van der Waals surface area contributed by atoms with Gasteiger partial charge in [-0.25, -0.2) is 0 Å². The number of carbonyl (C=O) groups is 1. The van der Waals surface area contributed by atoms with Crippen LogP contribution in [-0.4, -0.2) is 23.2 Å². The number of rotatable bonds is 5. The van der Waals surface area contributed by atoms with Crippen molar-refractivity contribution in [3.63, 3.8) is 0 Å². The van der Waals surface area contributed by atoms with Crippen molar-refractivity contribution in [3.8, 4) is 0 Å². The van der Waals surface area contributed by atoms with E-state index in [4.69, 9.17) is 5.11 Å². The van der Waals surface area contributed by atoms with Crippen molar-refractivity contribution in [1.82, 2.24) is 5.32 Å². The minimum Gasteiger partial charge on any atom is -0.480 e. The van der Waals surface area contributed by atoms with Gasteiger partial charge in [0.25, 0.3) is 0 Å². The Labute approximate surface area is 91.6 Å².